The van der Waals surface area contributed by atoms with E-state index in [2.05, 4.69) is 0 Å². The number of carbonyl (C=O) groups excluding carboxylic acids is 3. The first-order valence-corrected chi connectivity index (χ1v) is 16.1. The number of sulfonamides is 1. The molecule has 44 heavy (non-hydrogen) atoms. The summed E-state index contributed by atoms with van der Waals surface area (Å²) in [5.41, 5.74) is 1.34. The second-order valence-corrected chi connectivity index (χ2v) is 13.1. The van der Waals surface area contributed by atoms with Gasteiger partial charge in [0.2, 0.25) is 15.9 Å². The van der Waals surface area contributed by atoms with Gasteiger partial charge in [0, 0.05) is 46.9 Å². The van der Waals surface area contributed by atoms with Crippen LogP contribution in [0.2, 0.25) is 5.02 Å². The predicted octanol–water partition coefficient (Wildman–Crippen LogP) is 5.37. The average Bonchev–Trinajstić information content (AvgIpc) is 3.05. The molecule has 1 fully saturated rings. The number of carbonyl (C=O) groups is 3. The van der Waals surface area contributed by atoms with Gasteiger partial charge in [-0.15, -0.1) is 0 Å². The summed E-state index contributed by atoms with van der Waals surface area (Å²) in [6, 6.07) is 22.4. The first-order chi connectivity index (χ1) is 21.2. The van der Waals surface area contributed by atoms with Crippen LogP contribution >= 0.6 is 11.6 Å². The molecule has 1 saturated heterocycles. The molecular formula is C33H30ClN3O6S. The van der Waals surface area contributed by atoms with E-state index >= 15 is 0 Å². The maximum atomic E-state index is 14.4. The van der Waals surface area contributed by atoms with Gasteiger partial charge in [0.05, 0.1) is 12.0 Å². The van der Waals surface area contributed by atoms with Gasteiger partial charge in [-0.2, -0.15) is 4.31 Å². The minimum Gasteiger partial charge on any atom is -0.497 e. The van der Waals surface area contributed by atoms with Crippen molar-refractivity contribution >= 4 is 55.8 Å². The summed E-state index contributed by atoms with van der Waals surface area (Å²) in [6.45, 7) is 0.0602. The van der Waals surface area contributed by atoms with E-state index in [0.717, 1.165) is 10.3 Å². The molecule has 226 valence electrons. The maximum Gasteiger partial charge on any atom is 0.261 e. The van der Waals surface area contributed by atoms with Crippen LogP contribution < -0.4 is 9.64 Å². The molecule has 4 aromatic rings. The van der Waals surface area contributed by atoms with Crippen molar-refractivity contribution in [3.05, 3.63) is 101 Å². The van der Waals surface area contributed by atoms with Crippen molar-refractivity contribution in [3.63, 3.8) is 0 Å². The Morgan fingerprint density at radius 2 is 1.55 bits per heavy atom. The number of piperidine rings is 1. The van der Waals surface area contributed by atoms with Crippen molar-refractivity contribution in [3.8, 4) is 5.75 Å². The number of hydrogen-bond donors (Lipinski definition) is 0. The van der Waals surface area contributed by atoms with Gasteiger partial charge in [-0.3, -0.25) is 19.3 Å². The number of amides is 3. The number of benzene rings is 4. The summed E-state index contributed by atoms with van der Waals surface area (Å²) >= 11 is 6.00. The summed E-state index contributed by atoms with van der Waals surface area (Å²) in [5, 5.41) is 1.83. The van der Waals surface area contributed by atoms with E-state index in [4.69, 9.17) is 16.3 Å². The molecule has 0 aliphatic carbocycles. The topological polar surface area (TPSA) is 104 Å². The van der Waals surface area contributed by atoms with Gasteiger partial charge in [0.25, 0.3) is 11.8 Å². The van der Waals surface area contributed by atoms with Gasteiger partial charge in [0.1, 0.15) is 11.8 Å². The third-order valence-corrected chi connectivity index (χ3v) is 10.4. The molecule has 0 unspecified atom stereocenters. The number of methoxy groups -OCH3 is 1. The quantitative estimate of drug-likeness (QED) is 0.242. The van der Waals surface area contributed by atoms with E-state index in [1.165, 1.54) is 40.6 Å². The number of rotatable bonds is 8. The van der Waals surface area contributed by atoms with Crippen LogP contribution in [0.4, 0.5) is 5.69 Å². The van der Waals surface area contributed by atoms with E-state index in [1.54, 1.807) is 48.5 Å². The van der Waals surface area contributed by atoms with Gasteiger partial charge in [-0.25, -0.2) is 8.42 Å². The number of anilines is 1. The second-order valence-electron chi connectivity index (χ2n) is 10.7. The van der Waals surface area contributed by atoms with Crippen LogP contribution in [0.15, 0.2) is 89.8 Å². The van der Waals surface area contributed by atoms with Crippen LogP contribution in [0.3, 0.4) is 0 Å². The van der Waals surface area contributed by atoms with E-state index in [-0.39, 0.29) is 24.5 Å². The van der Waals surface area contributed by atoms with Gasteiger partial charge in [-0.1, -0.05) is 42.3 Å². The van der Waals surface area contributed by atoms with E-state index in [9.17, 15) is 22.8 Å². The van der Waals surface area contributed by atoms with Crippen molar-refractivity contribution in [1.82, 2.24) is 9.21 Å². The summed E-state index contributed by atoms with van der Waals surface area (Å²) in [7, 11) is -2.49. The third kappa shape index (κ3) is 5.34. The fourth-order valence-electron chi connectivity index (χ4n) is 5.97. The SMILES string of the molecule is COc1ccc(N(CCN2C(=O)c3cccc4cccc(c34)C2=O)C(=O)[C@H]2CCCCN2S(=O)(=O)c2ccc(Cl)cc2)cc1. The van der Waals surface area contributed by atoms with Crippen LogP contribution in [0.1, 0.15) is 40.0 Å². The summed E-state index contributed by atoms with van der Waals surface area (Å²) < 4.78 is 34.1. The van der Waals surface area contributed by atoms with E-state index < -0.39 is 33.8 Å². The molecule has 11 heteroatoms. The Balaban J connectivity index is 1.32. The Bertz CT molecular complexity index is 1810. The Labute approximate surface area is 260 Å². The highest BCUT2D eigenvalue weighted by Crippen LogP contribution is 2.32. The molecule has 0 radical (unpaired) electrons. The lowest BCUT2D eigenvalue weighted by Gasteiger charge is -2.37. The highest BCUT2D eigenvalue weighted by molar-refractivity contribution is 7.89. The maximum absolute atomic E-state index is 14.4. The molecule has 3 amide bonds. The van der Waals surface area contributed by atoms with E-state index in [1.807, 2.05) is 12.1 Å². The number of halogens is 1. The monoisotopic (exact) mass is 631 g/mol. The minimum absolute atomic E-state index is 0.0356. The standard InChI is InChI=1S/C33H30ClN3O6S/c1-43-25-15-13-24(14-16-25)35(20-21-36-31(38)27-8-4-6-22-7-5-9-28(30(22)27)32(36)39)33(40)29-10-2-3-19-37(29)44(41,42)26-17-11-23(34)12-18-26/h4-9,11-18,29H,2-3,10,19-21H2,1H3/t29-/m1/s1. The van der Waals surface area contributed by atoms with Crippen LogP contribution in [0.5, 0.6) is 5.75 Å². The van der Waals surface area contributed by atoms with Crippen LogP contribution in [-0.2, 0) is 14.8 Å². The number of imide groups is 1. The fourth-order valence-corrected chi connectivity index (χ4v) is 7.75. The lowest BCUT2D eigenvalue weighted by atomic mass is 9.94. The van der Waals surface area contributed by atoms with Crippen LogP contribution in [0.25, 0.3) is 10.8 Å². The zero-order valence-corrected chi connectivity index (χ0v) is 25.6. The normalized spacial score (nSPS) is 17.1. The highest BCUT2D eigenvalue weighted by Gasteiger charge is 2.40. The van der Waals surface area contributed by atoms with Crippen molar-refractivity contribution < 1.29 is 27.5 Å². The van der Waals surface area contributed by atoms with Crippen molar-refractivity contribution in [1.29, 1.82) is 0 Å². The zero-order valence-electron chi connectivity index (χ0n) is 24.0. The fraction of sp³-hybridized carbons (Fsp3) is 0.242. The lowest BCUT2D eigenvalue weighted by Crippen LogP contribution is -2.54. The Hall–Kier alpha value is -4.25. The van der Waals surface area contributed by atoms with Crippen molar-refractivity contribution in [2.24, 2.45) is 0 Å². The smallest absolute Gasteiger partial charge is 0.261 e. The third-order valence-electron chi connectivity index (χ3n) is 8.21. The Kier molecular flexibility index (Phi) is 8.15. The summed E-state index contributed by atoms with van der Waals surface area (Å²) in [5.74, 6) is -0.735. The second kappa shape index (κ2) is 12.0. The summed E-state index contributed by atoms with van der Waals surface area (Å²) in [6.07, 6.45) is 1.61. The number of hydrogen-bond acceptors (Lipinski definition) is 6. The number of nitrogens with zero attached hydrogens (tertiary/aromatic N) is 3. The summed E-state index contributed by atoms with van der Waals surface area (Å²) in [4.78, 5) is 44.2. The zero-order chi connectivity index (χ0) is 31.0. The van der Waals surface area contributed by atoms with Crippen LogP contribution in [-0.4, -0.2) is 68.1 Å². The molecule has 2 aliphatic heterocycles. The molecule has 2 aliphatic rings. The van der Waals surface area contributed by atoms with Gasteiger partial charge < -0.3 is 9.64 Å². The first kappa shape index (κ1) is 29.8. The highest BCUT2D eigenvalue weighted by atomic mass is 35.5. The number of ether oxygens (including phenoxy) is 1. The molecule has 6 rings (SSSR count). The Morgan fingerprint density at radius 3 is 2.16 bits per heavy atom. The van der Waals surface area contributed by atoms with E-state index in [0.29, 0.717) is 52.2 Å². The molecule has 0 saturated carbocycles. The lowest BCUT2D eigenvalue weighted by molar-refractivity contribution is -0.123. The molecular weight excluding hydrogens is 602 g/mol. The molecule has 0 aromatic heterocycles. The van der Waals surface area contributed by atoms with Gasteiger partial charge in [0.15, 0.2) is 0 Å². The predicted molar refractivity (Wildman–Crippen MR) is 168 cm³/mol. The van der Waals surface area contributed by atoms with Gasteiger partial charge in [-0.05, 0) is 78.9 Å². The molecule has 9 nitrogen and oxygen atoms in total. The average molecular weight is 632 g/mol. The molecule has 0 N–H and O–H groups in total. The molecule has 1 atom stereocenters. The van der Waals surface area contributed by atoms with Crippen molar-refractivity contribution in [2.75, 3.05) is 31.6 Å². The molecule has 4 aromatic carbocycles. The first-order valence-electron chi connectivity index (χ1n) is 14.3. The minimum atomic E-state index is -4.02. The molecule has 0 spiro atoms. The van der Waals surface area contributed by atoms with Crippen molar-refractivity contribution in [2.45, 2.75) is 30.2 Å². The molecule has 0 bridgehead atoms. The largest absolute Gasteiger partial charge is 0.497 e. The Morgan fingerprint density at radius 1 is 0.909 bits per heavy atom. The molecule has 2 heterocycles. The van der Waals surface area contributed by atoms with Gasteiger partial charge >= 0.3 is 0 Å². The van der Waals surface area contributed by atoms with Crippen LogP contribution in [0, 0.1) is 0 Å².